The number of amides is 1. The van der Waals surface area contributed by atoms with Crippen molar-refractivity contribution in [2.75, 3.05) is 37.7 Å². The lowest BCUT2D eigenvalue weighted by atomic mass is 9.94. The maximum absolute atomic E-state index is 13.2. The molecule has 0 spiro atoms. The summed E-state index contributed by atoms with van der Waals surface area (Å²) in [5.74, 6) is 1.95. The van der Waals surface area contributed by atoms with Crippen LogP contribution in [0.25, 0.3) is 16.5 Å². The molecule has 1 aliphatic heterocycles. The zero-order chi connectivity index (χ0) is 25.2. The summed E-state index contributed by atoms with van der Waals surface area (Å²) in [4.78, 5) is 28.9. The number of ketones is 1. The van der Waals surface area contributed by atoms with Crippen LogP contribution in [0.3, 0.4) is 0 Å². The first kappa shape index (κ1) is 24.2. The molecule has 188 valence electrons. The van der Waals surface area contributed by atoms with Crippen molar-refractivity contribution in [3.05, 3.63) is 64.9 Å². The Labute approximate surface area is 212 Å². The van der Waals surface area contributed by atoms with E-state index in [0.29, 0.717) is 25.3 Å². The Kier molecular flexibility index (Phi) is 6.86. The van der Waals surface area contributed by atoms with Crippen molar-refractivity contribution in [3.8, 4) is 5.75 Å². The molecule has 2 aromatic carbocycles. The van der Waals surface area contributed by atoms with Crippen LogP contribution in [0.1, 0.15) is 60.9 Å². The smallest absolute Gasteiger partial charge is 0.246 e. The predicted molar refractivity (Wildman–Crippen MR) is 143 cm³/mol. The second kappa shape index (κ2) is 10.2. The average molecular weight is 487 g/mol. The Bertz CT molecular complexity index is 1310. The van der Waals surface area contributed by atoms with Crippen molar-refractivity contribution >= 4 is 33.9 Å². The summed E-state index contributed by atoms with van der Waals surface area (Å²) in [6.07, 6.45) is 6.13. The maximum Gasteiger partial charge on any atom is 0.246 e. The molecule has 0 N–H and O–H groups in total. The molecule has 6 nitrogen and oxygen atoms in total. The molecule has 2 heterocycles. The SMILES string of the molecule is CCOc1cc2oc3c(c2cc1/C(C)=C/C(=O)N1CCN(c2ccc(C(C)=O)cc2)CC1)CCCC3. The fourth-order valence-corrected chi connectivity index (χ4v) is 5.32. The fourth-order valence-electron chi connectivity index (χ4n) is 5.32. The predicted octanol–water partition coefficient (Wildman–Crippen LogP) is 5.67. The lowest BCUT2D eigenvalue weighted by molar-refractivity contribution is -0.126. The van der Waals surface area contributed by atoms with Gasteiger partial charge in [0.15, 0.2) is 5.78 Å². The van der Waals surface area contributed by atoms with Gasteiger partial charge < -0.3 is 19.0 Å². The Morgan fingerprint density at radius 1 is 1.00 bits per heavy atom. The minimum Gasteiger partial charge on any atom is -0.493 e. The van der Waals surface area contributed by atoms with Gasteiger partial charge in [0.2, 0.25) is 5.91 Å². The number of carbonyl (C=O) groups is 2. The molecule has 5 rings (SSSR count). The average Bonchev–Trinajstić information content (AvgIpc) is 3.26. The number of fused-ring (bicyclic) bond motifs is 3. The molecule has 0 saturated carbocycles. The normalized spacial score (nSPS) is 16.2. The molecule has 2 aliphatic rings. The lowest BCUT2D eigenvalue weighted by Crippen LogP contribution is -2.48. The standard InChI is InChI=1S/C30H34N2O4/c1-4-35-28-19-29-26(24-7-5-6-8-27(24)36-29)18-25(28)20(2)17-30(34)32-15-13-31(14-16-32)23-11-9-22(10-12-23)21(3)33/h9-12,17-19H,4-8,13-16H2,1-3H3/b20-17+. The molecular weight excluding hydrogens is 452 g/mol. The first-order valence-electron chi connectivity index (χ1n) is 13.0. The quantitative estimate of drug-likeness (QED) is 0.332. The first-order chi connectivity index (χ1) is 17.4. The largest absolute Gasteiger partial charge is 0.493 e. The second-order valence-electron chi connectivity index (χ2n) is 9.73. The van der Waals surface area contributed by atoms with E-state index in [2.05, 4.69) is 11.0 Å². The van der Waals surface area contributed by atoms with Crippen molar-refractivity contribution in [1.29, 1.82) is 0 Å². The number of allylic oxidation sites excluding steroid dienone is 1. The third kappa shape index (κ3) is 4.77. The third-order valence-electron chi connectivity index (χ3n) is 7.35. The van der Waals surface area contributed by atoms with Gasteiger partial charge in [-0.15, -0.1) is 0 Å². The van der Waals surface area contributed by atoms with Gasteiger partial charge in [0.25, 0.3) is 0 Å². The fraction of sp³-hybridized carbons (Fsp3) is 0.400. The van der Waals surface area contributed by atoms with E-state index >= 15 is 0 Å². The molecule has 1 amide bonds. The number of hydrogen-bond donors (Lipinski definition) is 0. The molecule has 0 radical (unpaired) electrons. The zero-order valence-corrected chi connectivity index (χ0v) is 21.4. The first-order valence-corrected chi connectivity index (χ1v) is 13.0. The van der Waals surface area contributed by atoms with Gasteiger partial charge in [-0.3, -0.25) is 9.59 Å². The summed E-state index contributed by atoms with van der Waals surface area (Å²) in [5.41, 5.74) is 5.84. The summed E-state index contributed by atoms with van der Waals surface area (Å²) in [6.45, 7) is 8.92. The van der Waals surface area contributed by atoms with Gasteiger partial charge in [-0.05, 0) is 75.9 Å². The Hall–Kier alpha value is -3.54. The molecule has 1 saturated heterocycles. The summed E-state index contributed by atoms with van der Waals surface area (Å²) in [7, 11) is 0. The van der Waals surface area contributed by atoms with Gasteiger partial charge in [0.05, 0.1) is 6.61 Å². The third-order valence-corrected chi connectivity index (χ3v) is 7.35. The van der Waals surface area contributed by atoms with Gasteiger partial charge in [-0.2, -0.15) is 0 Å². The molecule has 3 aromatic rings. The van der Waals surface area contributed by atoms with Crippen LogP contribution in [0, 0.1) is 0 Å². The van der Waals surface area contributed by atoms with E-state index < -0.39 is 0 Å². The topological polar surface area (TPSA) is 63.0 Å². The number of benzene rings is 2. The number of rotatable bonds is 6. The second-order valence-corrected chi connectivity index (χ2v) is 9.73. The van der Waals surface area contributed by atoms with Gasteiger partial charge >= 0.3 is 0 Å². The Balaban J connectivity index is 1.32. The van der Waals surface area contributed by atoms with E-state index in [1.807, 2.05) is 49.1 Å². The molecule has 36 heavy (non-hydrogen) atoms. The lowest BCUT2D eigenvalue weighted by Gasteiger charge is -2.35. The van der Waals surface area contributed by atoms with E-state index in [-0.39, 0.29) is 11.7 Å². The minimum absolute atomic E-state index is 0.0239. The van der Waals surface area contributed by atoms with Crippen LogP contribution in [-0.2, 0) is 17.6 Å². The van der Waals surface area contributed by atoms with E-state index in [0.717, 1.165) is 65.2 Å². The van der Waals surface area contributed by atoms with Crippen LogP contribution in [0.2, 0.25) is 0 Å². The van der Waals surface area contributed by atoms with Crippen LogP contribution in [0.15, 0.2) is 46.9 Å². The zero-order valence-electron chi connectivity index (χ0n) is 21.4. The van der Waals surface area contributed by atoms with Crippen molar-refractivity contribution in [3.63, 3.8) is 0 Å². The molecule has 1 fully saturated rings. The monoisotopic (exact) mass is 486 g/mol. The highest BCUT2D eigenvalue weighted by molar-refractivity contribution is 5.98. The number of Topliss-reactive ketones (excluding diaryl/α,β-unsaturated/α-hetero) is 1. The highest BCUT2D eigenvalue weighted by atomic mass is 16.5. The number of carbonyl (C=O) groups excluding carboxylic acids is 2. The molecular formula is C30H34N2O4. The van der Waals surface area contributed by atoms with Crippen molar-refractivity contribution in [2.45, 2.75) is 46.5 Å². The molecule has 0 unspecified atom stereocenters. The Morgan fingerprint density at radius 3 is 2.42 bits per heavy atom. The number of nitrogens with zero attached hydrogens (tertiary/aromatic N) is 2. The van der Waals surface area contributed by atoms with E-state index in [1.165, 1.54) is 18.4 Å². The van der Waals surface area contributed by atoms with Gasteiger partial charge in [-0.25, -0.2) is 0 Å². The maximum atomic E-state index is 13.2. The van der Waals surface area contributed by atoms with E-state index in [4.69, 9.17) is 9.15 Å². The molecule has 6 heteroatoms. The van der Waals surface area contributed by atoms with Gasteiger partial charge in [0, 0.05) is 72.5 Å². The van der Waals surface area contributed by atoms with Crippen LogP contribution in [0.4, 0.5) is 5.69 Å². The number of piperazine rings is 1. The molecule has 0 bridgehead atoms. The van der Waals surface area contributed by atoms with Gasteiger partial charge in [0.1, 0.15) is 17.1 Å². The van der Waals surface area contributed by atoms with E-state index in [1.54, 1.807) is 13.0 Å². The minimum atomic E-state index is 0.0239. The summed E-state index contributed by atoms with van der Waals surface area (Å²) in [5, 5.41) is 1.15. The summed E-state index contributed by atoms with van der Waals surface area (Å²) < 4.78 is 12.1. The number of hydrogen-bond acceptors (Lipinski definition) is 5. The number of ether oxygens (including phenoxy) is 1. The van der Waals surface area contributed by atoms with E-state index in [9.17, 15) is 9.59 Å². The van der Waals surface area contributed by atoms with Crippen LogP contribution in [-0.4, -0.2) is 49.4 Å². The van der Waals surface area contributed by atoms with Crippen molar-refractivity contribution < 1.29 is 18.7 Å². The number of aryl methyl sites for hydroxylation is 2. The Morgan fingerprint density at radius 2 is 1.72 bits per heavy atom. The molecule has 1 aromatic heterocycles. The molecule has 1 aliphatic carbocycles. The number of anilines is 1. The van der Waals surface area contributed by atoms with Crippen LogP contribution in [0.5, 0.6) is 5.75 Å². The van der Waals surface area contributed by atoms with Crippen molar-refractivity contribution in [2.24, 2.45) is 0 Å². The van der Waals surface area contributed by atoms with Crippen molar-refractivity contribution in [1.82, 2.24) is 4.90 Å². The highest BCUT2D eigenvalue weighted by Gasteiger charge is 2.23. The van der Waals surface area contributed by atoms with Crippen LogP contribution < -0.4 is 9.64 Å². The number of furan rings is 1. The summed E-state index contributed by atoms with van der Waals surface area (Å²) >= 11 is 0. The molecule has 0 atom stereocenters. The summed E-state index contributed by atoms with van der Waals surface area (Å²) in [6, 6.07) is 11.8. The van der Waals surface area contributed by atoms with Gasteiger partial charge in [-0.1, -0.05) is 0 Å². The highest BCUT2D eigenvalue weighted by Crippen LogP contribution is 2.38. The van der Waals surface area contributed by atoms with Crippen LogP contribution >= 0.6 is 0 Å².